The van der Waals surface area contributed by atoms with Crippen molar-refractivity contribution >= 4 is 17.7 Å². The Balaban J connectivity index is 2.36. The zero-order chi connectivity index (χ0) is 14.9. The van der Waals surface area contributed by atoms with Gasteiger partial charge in [-0.25, -0.2) is 18.4 Å². The Labute approximate surface area is 113 Å². The Kier molecular flexibility index (Phi) is 3.69. The topological polar surface area (TPSA) is 58.6 Å². The number of nitrogens with one attached hydrogen (secondary N) is 1. The zero-order valence-corrected chi connectivity index (χ0v) is 10.9. The van der Waals surface area contributed by atoms with Crippen LogP contribution < -0.4 is 10.2 Å². The van der Waals surface area contributed by atoms with Crippen molar-refractivity contribution < 1.29 is 23.1 Å². The van der Waals surface area contributed by atoms with Crippen LogP contribution in [0.15, 0.2) is 29.5 Å². The molecule has 0 saturated carbocycles. The van der Waals surface area contributed by atoms with E-state index in [2.05, 4.69) is 10.1 Å². The molecule has 7 heteroatoms. The van der Waals surface area contributed by atoms with Crippen molar-refractivity contribution in [3.63, 3.8) is 0 Å². The highest BCUT2D eigenvalue weighted by molar-refractivity contribution is 6.00. The maximum absolute atomic E-state index is 13.2. The molecule has 0 atom stereocenters. The summed E-state index contributed by atoms with van der Waals surface area (Å²) < 4.78 is 30.7. The smallest absolute Gasteiger partial charge is 0.337 e. The number of rotatable bonds is 2. The van der Waals surface area contributed by atoms with E-state index in [-0.39, 0.29) is 17.8 Å². The SMILES string of the molecule is COC(=O)C1=C(C)NC(=O)N(c2ccc(F)c(F)c2)C1. The molecule has 0 unspecified atom stereocenters. The number of amides is 2. The molecule has 0 saturated heterocycles. The lowest BCUT2D eigenvalue weighted by Gasteiger charge is -2.29. The van der Waals surface area contributed by atoms with E-state index in [0.29, 0.717) is 5.70 Å². The molecule has 20 heavy (non-hydrogen) atoms. The molecular weight excluding hydrogens is 270 g/mol. The van der Waals surface area contributed by atoms with Gasteiger partial charge in [0.1, 0.15) is 0 Å². The van der Waals surface area contributed by atoms with Crippen LogP contribution >= 0.6 is 0 Å². The van der Waals surface area contributed by atoms with E-state index >= 15 is 0 Å². The van der Waals surface area contributed by atoms with Gasteiger partial charge in [-0.3, -0.25) is 4.90 Å². The molecule has 0 aliphatic carbocycles. The van der Waals surface area contributed by atoms with E-state index in [4.69, 9.17) is 0 Å². The van der Waals surface area contributed by atoms with Crippen molar-refractivity contribution in [3.8, 4) is 0 Å². The third-order valence-electron chi connectivity index (χ3n) is 2.96. The monoisotopic (exact) mass is 282 g/mol. The van der Waals surface area contributed by atoms with Crippen molar-refractivity contribution in [2.45, 2.75) is 6.92 Å². The van der Waals surface area contributed by atoms with Crippen LogP contribution in [0.5, 0.6) is 0 Å². The number of anilines is 1. The number of urea groups is 1. The number of benzene rings is 1. The van der Waals surface area contributed by atoms with Crippen molar-refractivity contribution in [1.29, 1.82) is 0 Å². The Morgan fingerprint density at radius 2 is 2.05 bits per heavy atom. The van der Waals surface area contributed by atoms with E-state index in [9.17, 15) is 18.4 Å². The number of allylic oxidation sites excluding steroid dienone is 1. The number of methoxy groups -OCH3 is 1. The molecule has 1 aromatic rings. The molecule has 1 aliphatic heterocycles. The molecular formula is C13H12F2N2O3. The third-order valence-corrected chi connectivity index (χ3v) is 2.96. The fourth-order valence-corrected chi connectivity index (χ4v) is 1.85. The number of hydrogen-bond donors (Lipinski definition) is 1. The van der Waals surface area contributed by atoms with Gasteiger partial charge in [0.25, 0.3) is 0 Å². The van der Waals surface area contributed by atoms with E-state index in [1.54, 1.807) is 6.92 Å². The van der Waals surface area contributed by atoms with Gasteiger partial charge in [-0.15, -0.1) is 0 Å². The molecule has 0 fully saturated rings. The van der Waals surface area contributed by atoms with Gasteiger partial charge >= 0.3 is 12.0 Å². The Hall–Kier alpha value is -2.44. The van der Waals surface area contributed by atoms with Gasteiger partial charge in [0.05, 0.1) is 19.2 Å². The summed E-state index contributed by atoms with van der Waals surface area (Å²) in [5, 5.41) is 2.48. The number of nitrogens with zero attached hydrogens (tertiary/aromatic N) is 1. The highest BCUT2D eigenvalue weighted by Gasteiger charge is 2.28. The number of ether oxygens (including phenoxy) is 1. The summed E-state index contributed by atoms with van der Waals surface area (Å²) in [5.41, 5.74) is 0.771. The molecule has 1 N–H and O–H groups in total. The van der Waals surface area contributed by atoms with Gasteiger partial charge in [-0.2, -0.15) is 0 Å². The van der Waals surface area contributed by atoms with Gasteiger partial charge < -0.3 is 10.1 Å². The van der Waals surface area contributed by atoms with Crippen molar-refractivity contribution in [2.75, 3.05) is 18.6 Å². The standard InChI is InChI=1S/C13H12F2N2O3/c1-7-9(12(18)20-2)6-17(13(19)16-7)8-3-4-10(14)11(15)5-8/h3-5H,6H2,1-2H3,(H,16,19). The molecule has 0 aromatic heterocycles. The Morgan fingerprint density at radius 1 is 1.35 bits per heavy atom. The summed E-state index contributed by atoms with van der Waals surface area (Å²) in [6.45, 7) is 1.49. The van der Waals surface area contributed by atoms with E-state index < -0.39 is 23.6 Å². The van der Waals surface area contributed by atoms with E-state index in [1.807, 2.05) is 0 Å². The highest BCUT2D eigenvalue weighted by Crippen LogP contribution is 2.23. The number of carbonyl (C=O) groups excluding carboxylic acids is 2. The minimum absolute atomic E-state index is 0.0740. The molecule has 5 nitrogen and oxygen atoms in total. The fourth-order valence-electron chi connectivity index (χ4n) is 1.85. The second kappa shape index (κ2) is 5.28. The van der Waals surface area contributed by atoms with Gasteiger partial charge in [0.15, 0.2) is 11.6 Å². The molecule has 1 aromatic carbocycles. The first kappa shape index (κ1) is 14.0. The molecule has 0 radical (unpaired) electrons. The van der Waals surface area contributed by atoms with Gasteiger partial charge in [0, 0.05) is 17.5 Å². The minimum Gasteiger partial charge on any atom is -0.466 e. The maximum Gasteiger partial charge on any atom is 0.337 e. The zero-order valence-electron chi connectivity index (χ0n) is 10.9. The minimum atomic E-state index is -1.07. The van der Waals surface area contributed by atoms with Crippen LogP contribution in [0.25, 0.3) is 0 Å². The maximum atomic E-state index is 13.2. The van der Waals surface area contributed by atoms with Crippen LogP contribution in [0.4, 0.5) is 19.3 Å². The van der Waals surface area contributed by atoms with Crippen LogP contribution in [0.3, 0.4) is 0 Å². The number of esters is 1. The van der Waals surface area contributed by atoms with Crippen LogP contribution in [-0.2, 0) is 9.53 Å². The van der Waals surface area contributed by atoms with Gasteiger partial charge in [0.2, 0.25) is 0 Å². The first-order valence-corrected chi connectivity index (χ1v) is 5.75. The number of hydrogen-bond acceptors (Lipinski definition) is 3. The fraction of sp³-hybridized carbons (Fsp3) is 0.231. The molecule has 0 spiro atoms. The van der Waals surface area contributed by atoms with Gasteiger partial charge in [-0.1, -0.05) is 0 Å². The predicted octanol–water partition coefficient (Wildman–Crippen LogP) is 1.94. The van der Waals surface area contributed by atoms with Crippen LogP contribution in [0, 0.1) is 11.6 Å². The average molecular weight is 282 g/mol. The first-order chi connectivity index (χ1) is 9.43. The first-order valence-electron chi connectivity index (χ1n) is 5.75. The molecule has 2 rings (SSSR count). The van der Waals surface area contributed by atoms with Crippen LogP contribution in [0.1, 0.15) is 6.92 Å². The number of halogens is 2. The quantitative estimate of drug-likeness (QED) is 0.843. The molecule has 1 heterocycles. The summed E-state index contributed by atoms with van der Waals surface area (Å²) >= 11 is 0. The normalized spacial score (nSPS) is 15.2. The second-order valence-corrected chi connectivity index (χ2v) is 4.21. The molecule has 2 amide bonds. The predicted molar refractivity (Wildman–Crippen MR) is 67.0 cm³/mol. The summed E-state index contributed by atoms with van der Waals surface area (Å²) in [7, 11) is 1.22. The summed E-state index contributed by atoms with van der Waals surface area (Å²) in [6.07, 6.45) is 0. The summed E-state index contributed by atoms with van der Waals surface area (Å²) in [4.78, 5) is 24.6. The third kappa shape index (κ3) is 2.47. The average Bonchev–Trinajstić information content (AvgIpc) is 2.41. The van der Waals surface area contributed by atoms with E-state index in [1.165, 1.54) is 13.2 Å². The van der Waals surface area contributed by atoms with E-state index in [0.717, 1.165) is 17.0 Å². The Morgan fingerprint density at radius 3 is 2.65 bits per heavy atom. The van der Waals surface area contributed by atoms with Crippen molar-refractivity contribution in [1.82, 2.24) is 5.32 Å². The number of carbonyl (C=O) groups is 2. The van der Waals surface area contributed by atoms with Gasteiger partial charge in [-0.05, 0) is 19.1 Å². The lowest BCUT2D eigenvalue weighted by atomic mass is 10.1. The van der Waals surface area contributed by atoms with Crippen LogP contribution in [0.2, 0.25) is 0 Å². The lowest BCUT2D eigenvalue weighted by Crippen LogP contribution is -2.46. The lowest BCUT2D eigenvalue weighted by molar-refractivity contribution is -0.136. The molecule has 106 valence electrons. The van der Waals surface area contributed by atoms with Crippen LogP contribution in [-0.4, -0.2) is 25.7 Å². The Bertz CT molecular complexity index is 614. The summed E-state index contributed by atoms with van der Waals surface area (Å²) in [6, 6.07) is 2.54. The molecule has 0 bridgehead atoms. The van der Waals surface area contributed by atoms with Crippen molar-refractivity contribution in [3.05, 3.63) is 41.1 Å². The van der Waals surface area contributed by atoms with Crippen molar-refractivity contribution in [2.24, 2.45) is 0 Å². The molecule has 1 aliphatic rings. The summed E-state index contributed by atoms with van der Waals surface area (Å²) in [5.74, 6) is -2.66. The second-order valence-electron chi connectivity index (χ2n) is 4.21. The largest absolute Gasteiger partial charge is 0.466 e. The highest BCUT2D eigenvalue weighted by atomic mass is 19.2.